The number of carbonyl (C=O) groups is 2. The van der Waals surface area contributed by atoms with Crippen LogP contribution >= 0.6 is 34.7 Å². The Hall–Kier alpha value is -2.35. The Balaban J connectivity index is 1.69. The van der Waals surface area contributed by atoms with Crippen LogP contribution in [0.1, 0.15) is 26.4 Å². The number of anilines is 1. The van der Waals surface area contributed by atoms with Crippen LogP contribution in [0, 0.1) is 6.92 Å². The number of nitrogens with one attached hydrogen (secondary N) is 1. The molecule has 5 nitrogen and oxygen atoms in total. The Kier molecular flexibility index (Phi) is 6.72. The largest absolute Gasteiger partial charge is 0.369 e. The fourth-order valence-corrected chi connectivity index (χ4v) is 4.32. The molecule has 0 saturated carbocycles. The first-order chi connectivity index (χ1) is 13.4. The highest BCUT2D eigenvalue weighted by Gasteiger charge is 2.14. The predicted molar refractivity (Wildman–Crippen MR) is 115 cm³/mol. The number of thioether (sulfide) groups is 1. The maximum Gasteiger partial charge on any atom is 0.258 e. The van der Waals surface area contributed by atoms with E-state index in [2.05, 4.69) is 10.3 Å². The predicted octanol–water partition coefficient (Wildman–Crippen LogP) is 4.53. The first kappa shape index (κ1) is 20.4. The van der Waals surface area contributed by atoms with Crippen LogP contribution in [0.15, 0.2) is 53.6 Å². The van der Waals surface area contributed by atoms with Crippen LogP contribution < -0.4 is 11.1 Å². The van der Waals surface area contributed by atoms with E-state index >= 15 is 0 Å². The van der Waals surface area contributed by atoms with Crippen molar-refractivity contribution in [2.45, 2.75) is 18.2 Å². The molecule has 0 saturated heterocycles. The molecule has 2 aromatic carbocycles. The molecule has 2 amide bonds. The van der Waals surface area contributed by atoms with Gasteiger partial charge in [-0.25, -0.2) is 4.98 Å². The zero-order chi connectivity index (χ0) is 20.1. The first-order valence-corrected chi connectivity index (χ1v) is 10.6. The number of amides is 2. The van der Waals surface area contributed by atoms with Gasteiger partial charge in [0.05, 0.1) is 11.3 Å². The van der Waals surface area contributed by atoms with Gasteiger partial charge in [0.1, 0.15) is 0 Å². The number of thiazole rings is 1. The van der Waals surface area contributed by atoms with Gasteiger partial charge < -0.3 is 5.73 Å². The fourth-order valence-electron chi connectivity index (χ4n) is 2.49. The monoisotopic (exact) mass is 431 g/mol. The van der Waals surface area contributed by atoms with Crippen LogP contribution in [0.2, 0.25) is 5.02 Å². The Bertz CT molecular complexity index is 1020. The number of primary amides is 1. The SMILES string of the molecule is Cc1ccc(Cc2cnc(NC(=O)c3ccccc3SCC(N)=O)s2)cc1Cl. The number of carbonyl (C=O) groups excluding carboxylic acids is 2. The molecule has 3 aromatic rings. The summed E-state index contributed by atoms with van der Waals surface area (Å²) >= 11 is 8.84. The lowest BCUT2D eigenvalue weighted by atomic mass is 10.1. The second-order valence-corrected chi connectivity index (χ2v) is 8.64. The molecular weight excluding hydrogens is 414 g/mol. The van der Waals surface area contributed by atoms with Crippen molar-refractivity contribution in [1.82, 2.24) is 4.98 Å². The summed E-state index contributed by atoms with van der Waals surface area (Å²) in [5, 5.41) is 4.08. The van der Waals surface area contributed by atoms with Gasteiger partial charge in [0.15, 0.2) is 5.13 Å². The van der Waals surface area contributed by atoms with Gasteiger partial charge in [-0.15, -0.1) is 23.1 Å². The van der Waals surface area contributed by atoms with Gasteiger partial charge >= 0.3 is 0 Å². The minimum atomic E-state index is -0.430. The lowest BCUT2D eigenvalue weighted by molar-refractivity contribution is -0.115. The highest BCUT2D eigenvalue weighted by molar-refractivity contribution is 8.00. The van der Waals surface area contributed by atoms with E-state index in [-0.39, 0.29) is 11.7 Å². The van der Waals surface area contributed by atoms with Crippen molar-refractivity contribution in [3.8, 4) is 0 Å². The smallest absolute Gasteiger partial charge is 0.258 e. The molecule has 28 heavy (non-hydrogen) atoms. The summed E-state index contributed by atoms with van der Waals surface area (Å²) in [4.78, 5) is 29.7. The van der Waals surface area contributed by atoms with E-state index in [4.69, 9.17) is 17.3 Å². The molecule has 0 spiro atoms. The van der Waals surface area contributed by atoms with Crippen molar-refractivity contribution in [3.63, 3.8) is 0 Å². The Morgan fingerprint density at radius 3 is 2.79 bits per heavy atom. The summed E-state index contributed by atoms with van der Waals surface area (Å²) < 4.78 is 0. The molecule has 0 aliphatic rings. The van der Waals surface area contributed by atoms with Gasteiger partial charge in [-0.2, -0.15) is 0 Å². The van der Waals surface area contributed by atoms with Gasteiger partial charge in [0.25, 0.3) is 5.91 Å². The average Bonchev–Trinajstić information content (AvgIpc) is 3.10. The molecule has 0 unspecified atom stereocenters. The minimum Gasteiger partial charge on any atom is -0.369 e. The topological polar surface area (TPSA) is 85.1 Å². The summed E-state index contributed by atoms with van der Waals surface area (Å²) in [5.41, 5.74) is 7.80. The summed E-state index contributed by atoms with van der Waals surface area (Å²) in [5.74, 6) is -0.585. The second kappa shape index (κ2) is 9.23. The number of hydrogen-bond acceptors (Lipinski definition) is 5. The number of nitrogens with two attached hydrogens (primary N) is 1. The first-order valence-electron chi connectivity index (χ1n) is 8.43. The van der Waals surface area contributed by atoms with E-state index in [1.54, 1.807) is 24.4 Å². The van der Waals surface area contributed by atoms with Gasteiger partial charge in [-0.05, 0) is 36.2 Å². The van der Waals surface area contributed by atoms with Crippen molar-refractivity contribution in [1.29, 1.82) is 0 Å². The molecule has 0 bridgehead atoms. The number of aryl methyl sites for hydroxylation is 1. The molecule has 0 atom stereocenters. The van der Waals surface area contributed by atoms with Crippen LogP contribution in [0.25, 0.3) is 0 Å². The number of aromatic nitrogens is 1. The highest BCUT2D eigenvalue weighted by Crippen LogP contribution is 2.26. The van der Waals surface area contributed by atoms with Crippen molar-refractivity contribution < 1.29 is 9.59 Å². The van der Waals surface area contributed by atoms with Gasteiger partial charge in [-0.1, -0.05) is 35.9 Å². The number of rotatable bonds is 7. The van der Waals surface area contributed by atoms with Crippen LogP contribution in [-0.2, 0) is 11.2 Å². The third-order valence-electron chi connectivity index (χ3n) is 3.89. The molecule has 0 fully saturated rings. The lowest BCUT2D eigenvalue weighted by Crippen LogP contribution is -2.15. The molecule has 3 rings (SSSR count). The third-order valence-corrected chi connectivity index (χ3v) is 6.31. The lowest BCUT2D eigenvalue weighted by Gasteiger charge is -2.07. The summed E-state index contributed by atoms with van der Waals surface area (Å²) in [6.45, 7) is 1.96. The molecule has 3 N–H and O–H groups in total. The summed E-state index contributed by atoms with van der Waals surface area (Å²) in [6, 6.07) is 13.1. The molecule has 0 aliphatic heterocycles. The molecule has 144 valence electrons. The fraction of sp³-hybridized carbons (Fsp3) is 0.150. The number of nitrogens with zero attached hydrogens (tertiary/aromatic N) is 1. The van der Waals surface area contributed by atoms with E-state index in [0.29, 0.717) is 22.0 Å². The third kappa shape index (κ3) is 5.34. The zero-order valence-corrected chi connectivity index (χ0v) is 17.5. The molecular formula is C20H18ClN3O2S2. The van der Waals surface area contributed by atoms with Crippen LogP contribution in [0.4, 0.5) is 5.13 Å². The molecule has 0 aliphatic carbocycles. The van der Waals surface area contributed by atoms with Crippen molar-refractivity contribution in [2.24, 2.45) is 5.73 Å². The standard InChI is InChI=1S/C20H18ClN3O2S2/c1-12-6-7-13(9-16(12)21)8-14-10-23-20(28-14)24-19(26)15-4-2-3-5-17(15)27-11-18(22)25/h2-7,9-10H,8,11H2,1H3,(H2,22,25)(H,23,24,26). The summed E-state index contributed by atoms with van der Waals surface area (Å²) in [6.07, 6.45) is 2.44. The number of hydrogen-bond donors (Lipinski definition) is 2. The number of halogens is 1. The van der Waals surface area contributed by atoms with Crippen molar-refractivity contribution >= 4 is 51.6 Å². The quantitative estimate of drug-likeness (QED) is 0.538. The van der Waals surface area contributed by atoms with Gasteiger partial charge in [0, 0.05) is 27.4 Å². The molecule has 1 heterocycles. The molecule has 8 heteroatoms. The Morgan fingerprint density at radius 1 is 1.25 bits per heavy atom. The molecule has 1 aromatic heterocycles. The maximum absolute atomic E-state index is 12.6. The maximum atomic E-state index is 12.6. The molecule has 0 radical (unpaired) electrons. The van der Waals surface area contributed by atoms with Crippen LogP contribution in [-0.4, -0.2) is 22.6 Å². The average molecular weight is 432 g/mol. The Labute approximate surface area is 176 Å². The normalized spacial score (nSPS) is 10.6. The Morgan fingerprint density at radius 2 is 2.04 bits per heavy atom. The highest BCUT2D eigenvalue weighted by atomic mass is 35.5. The summed E-state index contributed by atoms with van der Waals surface area (Å²) in [7, 11) is 0. The van der Waals surface area contributed by atoms with Crippen molar-refractivity contribution in [3.05, 3.63) is 75.3 Å². The van der Waals surface area contributed by atoms with E-state index in [9.17, 15) is 9.59 Å². The van der Waals surface area contributed by atoms with Gasteiger partial charge in [-0.3, -0.25) is 14.9 Å². The van der Waals surface area contributed by atoms with E-state index in [1.807, 2.05) is 31.2 Å². The second-order valence-electron chi connectivity index (χ2n) is 6.10. The zero-order valence-electron chi connectivity index (χ0n) is 15.1. The van der Waals surface area contributed by atoms with E-state index in [1.165, 1.54) is 23.1 Å². The minimum absolute atomic E-state index is 0.116. The van der Waals surface area contributed by atoms with Crippen LogP contribution in [0.3, 0.4) is 0 Å². The van der Waals surface area contributed by atoms with E-state index < -0.39 is 5.91 Å². The van der Waals surface area contributed by atoms with Crippen LogP contribution in [0.5, 0.6) is 0 Å². The van der Waals surface area contributed by atoms with E-state index in [0.717, 1.165) is 21.0 Å². The van der Waals surface area contributed by atoms with Gasteiger partial charge in [0.2, 0.25) is 5.91 Å². The van der Waals surface area contributed by atoms with Crippen molar-refractivity contribution in [2.75, 3.05) is 11.1 Å². The number of benzene rings is 2.